The van der Waals surface area contributed by atoms with Crippen molar-refractivity contribution in [3.63, 3.8) is 0 Å². The van der Waals surface area contributed by atoms with E-state index in [2.05, 4.69) is 5.32 Å². The van der Waals surface area contributed by atoms with Gasteiger partial charge in [-0.25, -0.2) is 9.18 Å². The average Bonchev–Trinajstić information content (AvgIpc) is 2.30. The number of rotatable bonds is 5. The van der Waals surface area contributed by atoms with Crippen molar-refractivity contribution in [2.24, 2.45) is 0 Å². The molecule has 1 N–H and O–H groups in total. The van der Waals surface area contributed by atoms with Gasteiger partial charge in [-0.2, -0.15) is 0 Å². The van der Waals surface area contributed by atoms with Gasteiger partial charge >= 0.3 is 5.97 Å². The summed E-state index contributed by atoms with van der Waals surface area (Å²) in [6.07, 6.45) is 0. The molecule has 0 bridgehead atoms. The van der Waals surface area contributed by atoms with Gasteiger partial charge in [-0.1, -0.05) is 18.5 Å². The predicted octanol–water partition coefficient (Wildman–Crippen LogP) is 2.69. The Bertz CT molecular complexity index is 398. The van der Waals surface area contributed by atoms with Crippen molar-refractivity contribution in [2.45, 2.75) is 19.9 Å². The molecule has 0 spiro atoms. The molecule has 1 rings (SSSR count). The summed E-state index contributed by atoms with van der Waals surface area (Å²) in [5.74, 6) is -0.982. The monoisotopic (exact) mass is 259 g/mol. The molecule has 0 aromatic heterocycles. The van der Waals surface area contributed by atoms with Crippen LogP contribution in [0.3, 0.4) is 0 Å². The predicted molar refractivity (Wildman–Crippen MR) is 64.5 cm³/mol. The molecule has 0 aliphatic carbocycles. The van der Waals surface area contributed by atoms with Gasteiger partial charge < -0.3 is 10.1 Å². The fourth-order valence-corrected chi connectivity index (χ4v) is 1.67. The molecular weight excluding hydrogens is 245 g/mol. The van der Waals surface area contributed by atoms with Crippen LogP contribution in [0.2, 0.25) is 5.02 Å². The highest BCUT2D eigenvalue weighted by molar-refractivity contribution is 6.30. The molecule has 1 aromatic carbocycles. The third kappa shape index (κ3) is 3.68. The lowest BCUT2D eigenvalue weighted by molar-refractivity contribution is -0.145. The van der Waals surface area contributed by atoms with E-state index in [0.717, 1.165) is 0 Å². The molecule has 0 amide bonds. The SMILES string of the molecule is CCNC(C(=O)OCC)c1cc(Cl)ccc1F. The molecule has 1 unspecified atom stereocenters. The first-order valence-corrected chi connectivity index (χ1v) is 5.82. The Kier molecular flexibility index (Phi) is 5.38. The van der Waals surface area contributed by atoms with Gasteiger partial charge in [-0.05, 0) is 31.7 Å². The van der Waals surface area contributed by atoms with Gasteiger partial charge in [0.05, 0.1) is 6.61 Å². The van der Waals surface area contributed by atoms with Gasteiger partial charge in [0.1, 0.15) is 11.9 Å². The fraction of sp³-hybridized carbons (Fsp3) is 0.417. The van der Waals surface area contributed by atoms with Crippen molar-refractivity contribution >= 4 is 17.6 Å². The largest absolute Gasteiger partial charge is 0.465 e. The number of ether oxygens (including phenoxy) is 1. The van der Waals surface area contributed by atoms with Crippen LogP contribution < -0.4 is 5.32 Å². The third-order valence-electron chi connectivity index (χ3n) is 2.20. The number of hydrogen-bond acceptors (Lipinski definition) is 3. The highest BCUT2D eigenvalue weighted by Gasteiger charge is 2.24. The van der Waals surface area contributed by atoms with Gasteiger partial charge in [0.15, 0.2) is 0 Å². The first-order valence-electron chi connectivity index (χ1n) is 5.45. The van der Waals surface area contributed by atoms with Gasteiger partial charge in [0.2, 0.25) is 0 Å². The Balaban J connectivity index is 3.04. The second-order valence-corrected chi connectivity index (χ2v) is 3.85. The van der Waals surface area contributed by atoms with Crippen molar-refractivity contribution in [3.05, 3.63) is 34.6 Å². The Morgan fingerprint density at radius 1 is 1.53 bits per heavy atom. The number of esters is 1. The first kappa shape index (κ1) is 13.9. The molecule has 94 valence electrons. The van der Waals surface area contributed by atoms with E-state index in [4.69, 9.17) is 16.3 Å². The Hall–Kier alpha value is -1.13. The molecule has 17 heavy (non-hydrogen) atoms. The van der Waals surface area contributed by atoms with Gasteiger partial charge in [0.25, 0.3) is 0 Å². The molecule has 1 aromatic rings. The molecule has 3 nitrogen and oxygen atoms in total. The molecule has 0 saturated carbocycles. The number of nitrogens with one attached hydrogen (secondary N) is 1. The second kappa shape index (κ2) is 6.57. The maximum absolute atomic E-state index is 13.6. The van der Waals surface area contributed by atoms with Crippen LogP contribution in [0, 0.1) is 5.82 Å². The minimum atomic E-state index is -0.821. The van der Waals surface area contributed by atoms with Crippen LogP contribution in [-0.2, 0) is 9.53 Å². The number of hydrogen-bond donors (Lipinski definition) is 1. The lowest BCUT2D eigenvalue weighted by Gasteiger charge is -2.17. The highest BCUT2D eigenvalue weighted by Crippen LogP contribution is 2.22. The Morgan fingerprint density at radius 2 is 2.24 bits per heavy atom. The van der Waals surface area contributed by atoms with Gasteiger partial charge in [-0.3, -0.25) is 0 Å². The van der Waals surface area contributed by atoms with E-state index in [0.29, 0.717) is 11.6 Å². The number of benzene rings is 1. The molecule has 0 saturated heterocycles. The van der Waals surface area contributed by atoms with E-state index in [1.165, 1.54) is 18.2 Å². The lowest BCUT2D eigenvalue weighted by atomic mass is 10.1. The van der Waals surface area contributed by atoms with Crippen LogP contribution in [-0.4, -0.2) is 19.1 Å². The molecule has 0 heterocycles. The topological polar surface area (TPSA) is 38.3 Å². The fourth-order valence-electron chi connectivity index (χ4n) is 1.49. The smallest absolute Gasteiger partial charge is 0.327 e. The van der Waals surface area contributed by atoms with Crippen LogP contribution in [0.5, 0.6) is 0 Å². The summed E-state index contributed by atoms with van der Waals surface area (Å²) in [4.78, 5) is 11.7. The van der Waals surface area contributed by atoms with Crippen molar-refractivity contribution in [1.82, 2.24) is 5.32 Å². The van der Waals surface area contributed by atoms with E-state index >= 15 is 0 Å². The summed E-state index contributed by atoms with van der Waals surface area (Å²) < 4.78 is 18.5. The quantitative estimate of drug-likeness (QED) is 0.827. The van der Waals surface area contributed by atoms with Crippen molar-refractivity contribution in [1.29, 1.82) is 0 Å². The van der Waals surface area contributed by atoms with Crippen molar-refractivity contribution < 1.29 is 13.9 Å². The molecule has 0 fully saturated rings. The highest BCUT2D eigenvalue weighted by atomic mass is 35.5. The zero-order chi connectivity index (χ0) is 12.8. The Morgan fingerprint density at radius 3 is 2.82 bits per heavy atom. The van der Waals surface area contributed by atoms with Gasteiger partial charge in [-0.15, -0.1) is 0 Å². The molecular formula is C12H15ClFNO2. The van der Waals surface area contributed by atoms with Gasteiger partial charge in [0, 0.05) is 10.6 Å². The van der Waals surface area contributed by atoms with E-state index in [1.54, 1.807) is 6.92 Å². The van der Waals surface area contributed by atoms with Crippen LogP contribution in [0.15, 0.2) is 18.2 Å². The lowest BCUT2D eigenvalue weighted by Crippen LogP contribution is -2.30. The maximum Gasteiger partial charge on any atom is 0.327 e. The van der Waals surface area contributed by atoms with Crippen LogP contribution >= 0.6 is 11.6 Å². The number of carbonyl (C=O) groups excluding carboxylic acids is 1. The number of likely N-dealkylation sites (N-methyl/N-ethyl adjacent to an activating group) is 1. The molecule has 5 heteroatoms. The summed E-state index contributed by atoms with van der Waals surface area (Å²) in [6.45, 7) is 4.31. The third-order valence-corrected chi connectivity index (χ3v) is 2.43. The summed E-state index contributed by atoms with van der Waals surface area (Å²) in [7, 11) is 0. The van der Waals surface area contributed by atoms with Crippen LogP contribution in [0.25, 0.3) is 0 Å². The van der Waals surface area contributed by atoms with E-state index < -0.39 is 17.8 Å². The Labute approximate surface area is 105 Å². The standard InChI is InChI=1S/C12H15ClFNO2/c1-3-15-11(12(16)17-4-2)9-7-8(13)5-6-10(9)14/h5-7,11,15H,3-4H2,1-2H3. The zero-order valence-electron chi connectivity index (χ0n) is 9.80. The van der Waals surface area contributed by atoms with Crippen LogP contribution in [0.1, 0.15) is 25.5 Å². The first-order chi connectivity index (χ1) is 8.10. The molecule has 1 atom stereocenters. The van der Waals surface area contributed by atoms with E-state index in [-0.39, 0.29) is 12.2 Å². The summed E-state index contributed by atoms with van der Waals surface area (Å²) in [6, 6.07) is 3.29. The summed E-state index contributed by atoms with van der Waals surface area (Å²) >= 11 is 5.80. The average molecular weight is 260 g/mol. The normalized spacial score (nSPS) is 12.2. The summed E-state index contributed by atoms with van der Waals surface area (Å²) in [5.41, 5.74) is 0.206. The molecule has 0 aliphatic heterocycles. The van der Waals surface area contributed by atoms with Crippen LogP contribution in [0.4, 0.5) is 4.39 Å². The molecule has 0 aliphatic rings. The van der Waals surface area contributed by atoms with Crippen molar-refractivity contribution in [3.8, 4) is 0 Å². The number of carbonyl (C=O) groups is 1. The van der Waals surface area contributed by atoms with E-state index in [1.807, 2.05) is 6.92 Å². The summed E-state index contributed by atoms with van der Waals surface area (Å²) in [5, 5.41) is 3.26. The van der Waals surface area contributed by atoms with Crippen molar-refractivity contribution in [2.75, 3.05) is 13.2 Å². The second-order valence-electron chi connectivity index (χ2n) is 3.41. The number of halogens is 2. The molecule has 0 radical (unpaired) electrons. The minimum absolute atomic E-state index is 0.206. The minimum Gasteiger partial charge on any atom is -0.465 e. The zero-order valence-corrected chi connectivity index (χ0v) is 10.6. The maximum atomic E-state index is 13.6. The van der Waals surface area contributed by atoms with E-state index in [9.17, 15) is 9.18 Å².